The van der Waals surface area contributed by atoms with Gasteiger partial charge in [-0.1, -0.05) is 29.3 Å². The number of sulfonamides is 1. The standard InChI is InChI=1S/C24H25ClN2O5S/c1-16-5-9-20(10-6-16)33(29,30)27(19-8-12-22(31-3)23(14-19)32-4)15-24(28)26-21-11-7-18(25)13-17(21)2/h5-14H,15H2,1-4H3,(H,26,28). The summed E-state index contributed by atoms with van der Waals surface area (Å²) in [5.41, 5.74) is 2.48. The molecule has 9 heteroatoms. The minimum Gasteiger partial charge on any atom is -0.493 e. The van der Waals surface area contributed by atoms with Crippen LogP contribution in [-0.4, -0.2) is 35.1 Å². The number of amides is 1. The van der Waals surface area contributed by atoms with Gasteiger partial charge >= 0.3 is 0 Å². The molecule has 1 amide bonds. The van der Waals surface area contributed by atoms with Gasteiger partial charge in [-0.25, -0.2) is 8.42 Å². The highest BCUT2D eigenvalue weighted by Gasteiger charge is 2.28. The first kappa shape index (κ1) is 24.4. The summed E-state index contributed by atoms with van der Waals surface area (Å²) in [5.74, 6) is 0.272. The molecule has 0 aliphatic carbocycles. The Morgan fingerprint density at radius 2 is 1.61 bits per heavy atom. The average molecular weight is 489 g/mol. The van der Waals surface area contributed by atoms with Crippen LogP contribution < -0.4 is 19.1 Å². The Bertz CT molecular complexity index is 1260. The maximum Gasteiger partial charge on any atom is 0.264 e. The molecule has 0 atom stereocenters. The van der Waals surface area contributed by atoms with Crippen LogP contribution in [0.15, 0.2) is 65.6 Å². The first-order chi connectivity index (χ1) is 15.6. The van der Waals surface area contributed by atoms with E-state index in [1.165, 1.54) is 32.4 Å². The largest absolute Gasteiger partial charge is 0.493 e. The third-order valence-corrected chi connectivity index (χ3v) is 7.04. The zero-order chi connectivity index (χ0) is 24.2. The molecule has 3 rings (SSSR count). The summed E-state index contributed by atoms with van der Waals surface area (Å²) in [6, 6.07) is 16.1. The van der Waals surface area contributed by atoms with E-state index >= 15 is 0 Å². The van der Waals surface area contributed by atoms with Gasteiger partial charge in [0.05, 0.1) is 24.8 Å². The number of methoxy groups -OCH3 is 2. The van der Waals surface area contributed by atoms with Crippen LogP contribution in [0.3, 0.4) is 0 Å². The molecule has 3 aromatic carbocycles. The molecule has 0 radical (unpaired) electrons. The molecule has 0 saturated carbocycles. The molecule has 0 fully saturated rings. The summed E-state index contributed by atoms with van der Waals surface area (Å²) < 4.78 is 38.7. The second kappa shape index (κ2) is 10.1. The van der Waals surface area contributed by atoms with Crippen molar-refractivity contribution >= 4 is 38.9 Å². The van der Waals surface area contributed by atoms with Crippen molar-refractivity contribution in [1.29, 1.82) is 0 Å². The second-order valence-corrected chi connectivity index (χ2v) is 9.67. The number of carbonyl (C=O) groups is 1. The van der Waals surface area contributed by atoms with E-state index in [0.717, 1.165) is 15.4 Å². The van der Waals surface area contributed by atoms with E-state index in [9.17, 15) is 13.2 Å². The molecule has 174 valence electrons. The number of aryl methyl sites for hydroxylation is 2. The van der Waals surface area contributed by atoms with Crippen LogP contribution in [0.5, 0.6) is 11.5 Å². The number of nitrogens with one attached hydrogen (secondary N) is 1. The van der Waals surface area contributed by atoms with Crippen molar-refractivity contribution in [2.24, 2.45) is 0 Å². The van der Waals surface area contributed by atoms with Crippen molar-refractivity contribution in [2.75, 3.05) is 30.4 Å². The summed E-state index contributed by atoms with van der Waals surface area (Å²) >= 11 is 5.99. The van der Waals surface area contributed by atoms with E-state index in [4.69, 9.17) is 21.1 Å². The minimum atomic E-state index is -4.06. The molecular formula is C24H25ClN2O5S. The summed E-state index contributed by atoms with van der Waals surface area (Å²) in [6.07, 6.45) is 0. The number of halogens is 1. The summed E-state index contributed by atoms with van der Waals surface area (Å²) in [4.78, 5) is 13.0. The molecule has 0 aromatic heterocycles. The lowest BCUT2D eigenvalue weighted by atomic mass is 10.2. The van der Waals surface area contributed by atoms with Crippen LogP contribution >= 0.6 is 11.6 Å². The van der Waals surface area contributed by atoms with Crippen molar-refractivity contribution in [1.82, 2.24) is 0 Å². The van der Waals surface area contributed by atoms with Crippen molar-refractivity contribution in [3.63, 3.8) is 0 Å². The summed E-state index contributed by atoms with van der Waals surface area (Å²) in [5, 5.41) is 3.30. The van der Waals surface area contributed by atoms with Crippen LogP contribution in [0.2, 0.25) is 5.02 Å². The fraction of sp³-hybridized carbons (Fsp3) is 0.208. The molecule has 33 heavy (non-hydrogen) atoms. The topological polar surface area (TPSA) is 84.9 Å². The number of anilines is 2. The third-order valence-electron chi connectivity index (χ3n) is 5.01. The Morgan fingerprint density at radius 3 is 2.21 bits per heavy atom. The fourth-order valence-electron chi connectivity index (χ4n) is 3.22. The molecule has 0 aliphatic rings. The fourth-order valence-corrected chi connectivity index (χ4v) is 4.86. The maximum absolute atomic E-state index is 13.6. The molecule has 1 N–H and O–H groups in total. The van der Waals surface area contributed by atoms with Gasteiger partial charge in [0.15, 0.2) is 11.5 Å². The quantitative estimate of drug-likeness (QED) is 0.492. The Balaban J connectivity index is 2.01. The number of hydrogen-bond donors (Lipinski definition) is 1. The van der Waals surface area contributed by atoms with Gasteiger partial charge in [0.2, 0.25) is 5.91 Å². The molecular weight excluding hydrogens is 464 g/mol. The van der Waals surface area contributed by atoms with Gasteiger partial charge in [-0.3, -0.25) is 9.10 Å². The number of ether oxygens (including phenoxy) is 2. The molecule has 0 aliphatic heterocycles. The predicted octanol–water partition coefficient (Wildman–Crippen LogP) is 4.81. The predicted molar refractivity (Wildman–Crippen MR) is 130 cm³/mol. The highest BCUT2D eigenvalue weighted by atomic mass is 35.5. The zero-order valence-electron chi connectivity index (χ0n) is 18.8. The number of nitrogens with zero attached hydrogens (tertiary/aromatic N) is 1. The summed E-state index contributed by atoms with van der Waals surface area (Å²) in [6.45, 7) is 3.22. The Hall–Kier alpha value is -3.23. The zero-order valence-corrected chi connectivity index (χ0v) is 20.3. The Morgan fingerprint density at radius 1 is 0.939 bits per heavy atom. The lowest BCUT2D eigenvalue weighted by Gasteiger charge is -2.25. The van der Waals surface area contributed by atoms with Crippen molar-refractivity contribution in [3.8, 4) is 11.5 Å². The van der Waals surface area contributed by atoms with Crippen LogP contribution in [0, 0.1) is 13.8 Å². The Kier molecular flexibility index (Phi) is 7.50. The van der Waals surface area contributed by atoms with E-state index in [2.05, 4.69) is 5.32 Å². The van der Waals surface area contributed by atoms with Gasteiger partial charge in [0, 0.05) is 16.8 Å². The molecule has 0 spiro atoms. The number of carbonyl (C=O) groups excluding carboxylic acids is 1. The third kappa shape index (κ3) is 5.58. The lowest BCUT2D eigenvalue weighted by Crippen LogP contribution is -2.38. The van der Waals surface area contributed by atoms with Gasteiger partial charge in [0.1, 0.15) is 6.54 Å². The SMILES string of the molecule is COc1ccc(N(CC(=O)Nc2ccc(Cl)cc2C)S(=O)(=O)c2ccc(C)cc2)cc1OC. The smallest absolute Gasteiger partial charge is 0.264 e. The van der Waals surface area contributed by atoms with Crippen molar-refractivity contribution in [3.05, 3.63) is 76.8 Å². The van der Waals surface area contributed by atoms with Crippen molar-refractivity contribution < 1.29 is 22.7 Å². The minimum absolute atomic E-state index is 0.0679. The van der Waals surface area contributed by atoms with E-state index in [1.54, 1.807) is 49.4 Å². The van der Waals surface area contributed by atoms with Crippen LogP contribution in [-0.2, 0) is 14.8 Å². The highest BCUT2D eigenvalue weighted by molar-refractivity contribution is 7.92. The van der Waals surface area contributed by atoms with E-state index in [0.29, 0.717) is 22.2 Å². The van der Waals surface area contributed by atoms with Crippen LogP contribution in [0.1, 0.15) is 11.1 Å². The Labute approximate surface area is 198 Å². The molecule has 7 nitrogen and oxygen atoms in total. The van der Waals surface area contributed by atoms with Crippen LogP contribution in [0.4, 0.5) is 11.4 Å². The van der Waals surface area contributed by atoms with Crippen LogP contribution in [0.25, 0.3) is 0 Å². The van der Waals surface area contributed by atoms with E-state index in [1.807, 2.05) is 6.92 Å². The average Bonchev–Trinajstić information content (AvgIpc) is 2.79. The van der Waals surface area contributed by atoms with Gasteiger partial charge in [-0.15, -0.1) is 0 Å². The normalized spacial score (nSPS) is 11.1. The summed E-state index contributed by atoms with van der Waals surface area (Å²) in [7, 11) is -1.12. The maximum atomic E-state index is 13.6. The van der Waals surface area contributed by atoms with E-state index in [-0.39, 0.29) is 10.6 Å². The molecule has 0 saturated heterocycles. The molecule has 3 aromatic rings. The van der Waals surface area contributed by atoms with Gasteiger partial charge in [-0.2, -0.15) is 0 Å². The first-order valence-corrected chi connectivity index (χ1v) is 11.8. The lowest BCUT2D eigenvalue weighted by molar-refractivity contribution is -0.114. The molecule has 0 unspecified atom stereocenters. The molecule has 0 bridgehead atoms. The van der Waals surface area contributed by atoms with Gasteiger partial charge in [0.25, 0.3) is 10.0 Å². The van der Waals surface area contributed by atoms with E-state index < -0.39 is 22.5 Å². The van der Waals surface area contributed by atoms with Gasteiger partial charge in [-0.05, 0) is 61.9 Å². The molecule has 0 heterocycles. The number of benzene rings is 3. The van der Waals surface area contributed by atoms with Gasteiger partial charge < -0.3 is 14.8 Å². The first-order valence-electron chi connectivity index (χ1n) is 10.0. The van der Waals surface area contributed by atoms with Crippen molar-refractivity contribution in [2.45, 2.75) is 18.7 Å². The number of hydrogen-bond acceptors (Lipinski definition) is 5. The second-order valence-electron chi connectivity index (χ2n) is 7.37. The number of rotatable bonds is 8. The highest BCUT2D eigenvalue weighted by Crippen LogP contribution is 2.34. The monoisotopic (exact) mass is 488 g/mol.